The molecule has 150 valence electrons. The maximum atomic E-state index is 12.8. The molecule has 1 aliphatic rings. The van der Waals surface area contributed by atoms with Crippen molar-refractivity contribution in [3.63, 3.8) is 0 Å². The van der Waals surface area contributed by atoms with Crippen LogP contribution in [0.25, 0.3) is 5.69 Å². The number of imidazole rings is 1. The predicted molar refractivity (Wildman–Crippen MR) is 117 cm³/mol. The van der Waals surface area contributed by atoms with E-state index in [1.54, 1.807) is 0 Å². The van der Waals surface area contributed by atoms with E-state index in [0.29, 0.717) is 5.56 Å². The Labute approximate surface area is 171 Å². The van der Waals surface area contributed by atoms with Gasteiger partial charge >= 0.3 is 0 Å². The molecule has 4 rings (SSSR count). The van der Waals surface area contributed by atoms with Gasteiger partial charge in [0.15, 0.2) is 0 Å². The predicted octanol–water partition coefficient (Wildman–Crippen LogP) is 3.49. The number of aryl methyl sites for hydroxylation is 2. The van der Waals surface area contributed by atoms with Crippen LogP contribution in [0.2, 0.25) is 0 Å². The number of piperazine rings is 1. The number of nitrogens with zero attached hydrogens (tertiary/aromatic N) is 4. The van der Waals surface area contributed by atoms with E-state index in [2.05, 4.69) is 39.3 Å². The van der Waals surface area contributed by atoms with Crippen molar-refractivity contribution in [1.29, 1.82) is 0 Å². The van der Waals surface area contributed by atoms with Crippen LogP contribution in [0, 0.1) is 13.8 Å². The Morgan fingerprint density at radius 2 is 1.66 bits per heavy atom. The van der Waals surface area contributed by atoms with Gasteiger partial charge in [0.1, 0.15) is 0 Å². The van der Waals surface area contributed by atoms with Crippen LogP contribution in [0.3, 0.4) is 0 Å². The highest BCUT2D eigenvalue weighted by Gasteiger charge is 2.17. The molecule has 0 unspecified atom stereocenters. The minimum atomic E-state index is -0.103. The summed E-state index contributed by atoms with van der Waals surface area (Å²) in [7, 11) is 2.15. The summed E-state index contributed by atoms with van der Waals surface area (Å²) in [4.78, 5) is 21.8. The monoisotopic (exact) mass is 389 g/mol. The SMILES string of the molecule is Cc1ccc(C(=O)Nc2cc(N3CCN(C)CC3)cc(-n3cnc(C)c3)c2)cc1. The van der Waals surface area contributed by atoms with Crippen LogP contribution >= 0.6 is 0 Å². The molecular weight excluding hydrogens is 362 g/mol. The fourth-order valence-corrected chi connectivity index (χ4v) is 3.53. The van der Waals surface area contributed by atoms with Crippen LogP contribution < -0.4 is 10.2 Å². The Bertz CT molecular complexity index is 1000. The van der Waals surface area contributed by atoms with Gasteiger partial charge in [0.25, 0.3) is 5.91 Å². The molecule has 0 aliphatic carbocycles. The van der Waals surface area contributed by atoms with Gasteiger partial charge in [-0.25, -0.2) is 4.98 Å². The first-order valence-electron chi connectivity index (χ1n) is 9.95. The summed E-state index contributed by atoms with van der Waals surface area (Å²) in [6, 6.07) is 13.8. The highest BCUT2D eigenvalue weighted by molar-refractivity contribution is 6.04. The van der Waals surface area contributed by atoms with Gasteiger partial charge < -0.3 is 19.7 Å². The summed E-state index contributed by atoms with van der Waals surface area (Å²) in [5.41, 5.74) is 5.63. The van der Waals surface area contributed by atoms with Crippen molar-refractivity contribution in [3.8, 4) is 5.69 Å². The van der Waals surface area contributed by atoms with E-state index < -0.39 is 0 Å². The molecule has 0 atom stereocenters. The first-order valence-corrected chi connectivity index (χ1v) is 9.95. The van der Waals surface area contributed by atoms with Crippen LogP contribution in [0.5, 0.6) is 0 Å². The maximum absolute atomic E-state index is 12.8. The fraction of sp³-hybridized carbons (Fsp3) is 0.304. The van der Waals surface area contributed by atoms with Crippen LogP contribution in [-0.4, -0.2) is 53.6 Å². The Balaban J connectivity index is 1.65. The number of likely N-dealkylation sites (N-methyl/N-ethyl adjacent to an activating group) is 1. The van der Waals surface area contributed by atoms with Crippen LogP contribution in [0.1, 0.15) is 21.6 Å². The zero-order valence-corrected chi connectivity index (χ0v) is 17.2. The molecule has 1 amide bonds. The molecule has 2 heterocycles. The smallest absolute Gasteiger partial charge is 0.255 e. The van der Waals surface area contributed by atoms with Crippen LogP contribution in [0.15, 0.2) is 55.0 Å². The van der Waals surface area contributed by atoms with Gasteiger partial charge in [-0.05, 0) is 51.2 Å². The number of carbonyl (C=O) groups is 1. The molecular formula is C23H27N5O. The molecule has 0 spiro atoms. The third-order valence-corrected chi connectivity index (χ3v) is 5.35. The number of hydrogen-bond donors (Lipinski definition) is 1. The van der Waals surface area contributed by atoms with Crippen molar-refractivity contribution in [2.45, 2.75) is 13.8 Å². The normalized spacial score (nSPS) is 14.8. The van der Waals surface area contributed by atoms with E-state index in [1.807, 2.05) is 61.3 Å². The Morgan fingerprint density at radius 3 is 2.31 bits per heavy atom. The first kappa shape index (κ1) is 19.2. The highest BCUT2D eigenvalue weighted by Crippen LogP contribution is 2.26. The third-order valence-electron chi connectivity index (χ3n) is 5.35. The molecule has 1 aliphatic heterocycles. The first-order chi connectivity index (χ1) is 14.0. The Hall–Kier alpha value is -3.12. The summed E-state index contributed by atoms with van der Waals surface area (Å²) in [5, 5.41) is 3.07. The van der Waals surface area contributed by atoms with Gasteiger partial charge in [-0.3, -0.25) is 4.79 Å². The summed E-state index contributed by atoms with van der Waals surface area (Å²) < 4.78 is 2.00. The fourth-order valence-electron chi connectivity index (χ4n) is 3.53. The number of aromatic nitrogens is 2. The van der Waals surface area contributed by atoms with Gasteiger partial charge in [-0.15, -0.1) is 0 Å². The number of nitrogens with one attached hydrogen (secondary N) is 1. The highest BCUT2D eigenvalue weighted by atomic mass is 16.1. The number of amides is 1. The Kier molecular flexibility index (Phi) is 5.36. The summed E-state index contributed by atoms with van der Waals surface area (Å²) >= 11 is 0. The molecule has 6 nitrogen and oxygen atoms in total. The minimum Gasteiger partial charge on any atom is -0.369 e. The van der Waals surface area contributed by atoms with Gasteiger partial charge in [0, 0.05) is 49.3 Å². The zero-order chi connectivity index (χ0) is 20.4. The van der Waals surface area contributed by atoms with E-state index in [9.17, 15) is 4.79 Å². The second kappa shape index (κ2) is 8.09. The molecule has 1 N–H and O–H groups in total. The second-order valence-electron chi connectivity index (χ2n) is 7.77. The molecule has 6 heteroatoms. The largest absolute Gasteiger partial charge is 0.369 e. The standard InChI is InChI=1S/C23H27N5O/c1-17-4-6-19(7-5-17)23(29)25-20-12-21(27-10-8-26(3)9-11-27)14-22(13-20)28-15-18(2)24-16-28/h4-7,12-16H,8-11H2,1-3H3,(H,25,29). The third kappa shape index (κ3) is 4.49. The van der Waals surface area contributed by atoms with E-state index in [0.717, 1.165) is 54.5 Å². The quantitative estimate of drug-likeness (QED) is 0.742. The molecule has 0 radical (unpaired) electrons. The molecule has 0 bridgehead atoms. The summed E-state index contributed by atoms with van der Waals surface area (Å²) in [5.74, 6) is -0.103. The van der Waals surface area contributed by atoms with Gasteiger partial charge in [-0.1, -0.05) is 17.7 Å². The van der Waals surface area contributed by atoms with Crippen molar-refractivity contribution < 1.29 is 4.79 Å². The molecule has 29 heavy (non-hydrogen) atoms. The summed E-state index contributed by atoms with van der Waals surface area (Å²) in [6.07, 6.45) is 3.80. The number of rotatable bonds is 4. The minimum absolute atomic E-state index is 0.103. The lowest BCUT2D eigenvalue weighted by molar-refractivity contribution is 0.102. The van der Waals surface area contributed by atoms with Gasteiger partial charge in [0.05, 0.1) is 17.7 Å². The van der Waals surface area contributed by atoms with Crippen molar-refractivity contribution >= 4 is 17.3 Å². The molecule has 1 fully saturated rings. The van der Waals surface area contributed by atoms with Gasteiger partial charge in [0.2, 0.25) is 0 Å². The lowest BCUT2D eigenvalue weighted by Crippen LogP contribution is -2.44. The zero-order valence-electron chi connectivity index (χ0n) is 17.2. The Morgan fingerprint density at radius 1 is 0.966 bits per heavy atom. The number of anilines is 2. The molecule has 2 aromatic carbocycles. The lowest BCUT2D eigenvalue weighted by atomic mass is 10.1. The van der Waals surface area contributed by atoms with Gasteiger partial charge in [-0.2, -0.15) is 0 Å². The number of benzene rings is 2. The van der Waals surface area contributed by atoms with E-state index in [4.69, 9.17) is 0 Å². The van der Waals surface area contributed by atoms with Crippen LogP contribution in [0.4, 0.5) is 11.4 Å². The van der Waals surface area contributed by atoms with E-state index in [1.165, 1.54) is 0 Å². The molecule has 1 aromatic heterocycles. The molecule has 3 aromatic rings. The maximum Gasteiger partial charge on any atom is 0.255 e. The molecule has 0 saturated carbocycles. The lowest BCUT2D eigenvalue weighted by Gasteiger charge is -2.34. The van der Waals surface area contributed by atoms with Crippen LogP contribution in [-0.2, 0) is 0 Å². The van der Waals surface area contributed by atoms with E-state index in [-0.39, 0.29) is 5.91 Å². The number of hydrogen-bond acceptors (Lipinski definition) is 4. The van der Waals surface area contributed by atoms with Crippen molar-refractivity contribution in [3.05, 3.63) is 71.8 Å². The average molecular weight is 390 g/mol. The van der Waals surface area contributed by atoms with E-state index >= 15 is 0 Å². The number of carbonyl (C=O) groups excluding carboxylic acids is 1. The van der Waals surface area contributed by atoms with Crippen molar-refractivity contribution in [2.75, 3.05) is 43.4 Å². The van der Waals surface area contributed by atoms with Crippen molar-refractivity contribution in [1.82, 2.24) is 14.5 Å². The average Bonchev–Trinajstić information content (AvgIpc) is 3.15. The molecule has 1 saturated heterocycles. The van der Waals surface area contributed by atoms with Crippen molar-refractivity contribution in [2.24, 2.45) is 0 Å². The topological polar surface area (TPSA) is 53.4 Å². The summed E-state index contributed by atoms with van der Waals surface area (Å²) in [6.45, 7) is 7.98. The second-order valence-corrected chi connectivity index (χ2v) is 7.77.